The maximum atomic E-state index is 11.4. The summed E-state index contributed by atoms with van der Waals surface area (Å²) in [5, 5.41) is 12.2. The van der Waals surface area contributed by atoms with Crippen LogP contribution in [0.15, 0.2) is 4.63 Å². The topological polar surface area (TPSA) is 93.1 Å². The number of imide groups is 1. The third-order valence-electron chi connectivity index (χ3n) is 3.80. The Morgan fingerprint density at radius 1 is 1.20 bits per heavy atom. The minimum Gasteiger partial charge on any atom is -0.396 e. The van der Waals surface area contributed by atoms with Gasteiger partial charge in [-0.3, -0.25) is 14.6 Å². The molecule has 0 saturated carbocycles. The second kappa shape index (κ2) is 5.23. The van der Waals surface area contributed by atoms with Crippen molar-refractivity contribution < 1.29 is 24.2 Å². The highest BCUT2D eigenvalue weighted by Gasteiger charge is 2.31. The number of piperidine rings is 1. The maximum Gasteiger partial charge on any atom is 0.232 e. The van der Waals surface area contributed by atoms with E-state index < -0.39 is 0 Å². The van der Waals surface area contributed by atoms with Gasteiger partial charge in [-0.05, 0) is 18.8 Å². The number of carbonyl (C=O) groups is 2. The fourth-order valence-corrected chi connectivity index (χ4v) is 2.42. The zero-order valence-corrected chi connectivity index (χ0v) is 11.1. The van der Waals surface area contributed by atoms with E-state index in [1.807, 2.05) is 5.01 Å². The SMILES string of the molecule is O=C1CCC(=O)N1COn1on1N1CCC(CO)CC1. The van der Waals surface area contributed by atoms with Gasteiger partial charge in [0.15, 0.2) is 0 Å². The Balaban J connectivity index is 1.46. The lowest BCUT2D eigenvalue weighted by atomic mass is 9.99. The minimum atomic E-state index is -0.216. The van der Waals surface area contributed by atoms with Gasteiger partial charge in [-0.1, -0.05) is 0 Å². The summed E-state index contributed by atoms with van der Waals surface area (Å²) in [6.45, 7) is 1.63. The molecule has 20 heavy (non-hydrogen) atoms. The first-order chi connectivity index (χ1) is 9.69. The number of amides is 2. The van der Waals surface area contributed by atoms with E-state index in [1.165, 1.54) is 4.96 Å². The third-order valence-corrected chi connectivity index (χ3v) is 3.80. The van der Waals surface area contributed by atoms with Gasteiger partial charge >= 0.3 is 0 Å². The number of rotatable bonds is 5. The van der Waals surface area contributed by atoms with E-state index >= 15 is 0 Å². The van der Waals surface area contributed by atoms with Crippen molar-refractivity contribution in [3.05, 3.63) is 0 Å². The summed E-state index contributed by atoms with van der Waals surface area (Å²) in [6.07, 6.45) is 2.30. The van der Waals surface area contributed by atoms with Crippen molar-refractivity contribution in [3.63, 3.8) is 0 Å². The number of nitrogens with zero attached hydrogens (tertiary/aromatic N) is 4. The van der Waals surface area contributed by atoms with Crippen LogP contribution in [-0.2, 0) is 9.59 Å². The highest BCUT2D eigenvalue weighted by molar-refractivity contribution is 6.01. The van der Waals surface area contributed by atoms with Crippen molar-refractivity contribution in [2.45, 2.75) is 25.7 Å². The van der Waals surface area contributed by atoms with Gasteiger partial charge in [0.05, 0.1) is 0 Å². The van der Waals surface area contributed by atoms with Crippen LogP contribution in [0.3, 0.4) is 0 Å². The van der Waals surface area contributed by atoms with Crippen molar-refractivity contribution in [1.29, 1.82) is 0 Å². The van der Waals surface area contributed by atoms with Crippen molar-refractivity contribution in [3.8, 4) is 0 Å². The van der Waals surface area contributed by atoms with E-state index in [9.17, 15) is 9.59 Å². The number of hydrogen-bond donors (Lipinski definition) is 1. The average molecular weight is 286 g/mol. The van der Waals surface area contributed by atoms with Crippen LogP contribution in [0.25, 0.3) is 0 Å². The summed E-state index contributed by atoms with van der Waals surface area (Å²) in [4.78, 5) is 30.5. The minimum absolute atomic E-state index is 0.124. The van der Waals surface area contributed by atoms with Gasteiger partial charge in [0.2, 0.25) is 18.5 Å². The predicted octanol–water partition coefficient (Wildman–Crippen LogP) is -1.24. The van der Waals surface area contributed by atoms with Crippen molar-refractivity contribution in [2.24, 2.45) is 5.92 Å². The molecule has 3 heterocycles. The monoisotopic (exact) mass is 286 g/mol. The van der Waals surface area contributed by atoms with Crippen LogP contribution >= 0.6 is 0 Å². The molecule has 0 spiro atoms. The van der Waals surface area contributed by atoms with E-state index in [4.69, 9.17) is 14.6 Å². The summed E-state index contributed by atoms with van der Waals surface area (Å²) >= 11 is 0. The van der Waals surface area contributed by atoms with Crippen LogP contribution in [0.5, 0.6) is 0 Å². The molecule has 0 unspecified atom stereocenters. The zero-order valence-electron chi connectivity index (χ0n) is 11.1. The van der Waals surface area contributed by atoms with Gasteiger partial charge in [0.1, 0.15) is 5.02 Å². The molecule has 2 fully saturated rings. The molecule has 2 aliphatic heterocycles. The normalized spacial score (nSPS) is 21.2. The standard InChI is InChI=1S/C11H18N4O5/c16-7-9-3-5-12(6-4-9)14-15(20-14)19-8-13-10(17)1-2-11(13)18/h9,16H,1-8H2. The van der Waals surface area contributed by atoms with E-state index in [2.05, 4.69) is 0 Å². The van der Waals surface area contributed by atoms with E-state index in [-0.39, 0.29) is 38.0 Å². The van der Waals surface area contributed by atoms with Crippen LogP contribution in [0, 0.1) is 5.92 Å². The van der Waals surface area contributed by atoms with Gasteiger partial charge in [-0.15, -0.1) is 0 Å². The van der Waals surface area contributed by atoms with Gasteiger partial charge in [0.25, 0.3) is 0 Å². The lowest BCUT2D eigenvalue weighted by Gasteiger charge is -2.27. The fraction of sp³-hybridized carbons (Fsp3) is 0.818. The fourth-order valence-electron chi connectivity index (χ4n) is 2.42. The van der Waals surface area contributed by atoms with Crippen molar-refractivity contribution in [2.75, 3.05) is 31.4 Å². The molecule has 1 N–H and O–H groups in total. The molecule has 3 rings (SSSR count). The number of aliphatic hydroxyl groups is 1. The average Bonchev–Trinajstić information content (AvgIpc) is 3.18. The lowest BCUT2D eigenvalue weighted by Crippen LogP contribution is -2.42. The second-order valence-corrected chi connectivity index (χ2v) is 5.13. The van der Waals surface area contributed by atoms with Crippen LogP contribution < -0.4 is 9.85 Å². The maximum absolute atomic E-state index is 11.4. The molecule has 2 aliphatic rings. The third kappa shape index (κ3) is 2.53. The number of aromatic nitrogens is 2. The Labute approximate surface area is 115 Å². The van der Waals surface area contributed by atoms with E-state index in [0.29, 0.717) is 5.92 Å². The molecule has 9 nitrogen and oxygen atoms in total. The highest BCUT2D eigenvalue weighted by atomic mass is 17.0. The quantitative estimate of drug-likeness (QED) is 0.680. The molecule has 2 saturated heterocycles. The van der Waals surface area contributed by atoms with Crippen LogP contribution in [0.2, 0.25) is 0 Å². The summed E-state index contributed by atoms with van der Waals surface area (Å²) in [6, 6.07) is 0. The zero-order chi connectivity index (χ0) is 14.1. The Hall–Kier alpha value is -1.90. The van der Waals surface area contributed by atoms with Crippen LogP contribution in [-0.4, -0.2) is 58.2 Å². The first-order valence-corrected chi connectivity index (χ1v) is 6.79. The molecule has 0 aliphatic carbocycles. The summed E-state index contributed by atoms with van der Waals surface area (Å²) in [5.74, 6) is -0.0836. The molecule has 0 bridgehead atoms. The highest BCUT2D eigenvalue weighted by Crippen LogP contribution is 2.17. The molecule has 1 aromatic heterocycles. The molecule has 9 heteroatoms. The van der Waals surface area contributed by atoms with Gasteiger partial charge < -0.3 is 9.94 Å². The van der Waals surface area contributed by atoms with Gasteiger partial charge in [-0.25, -0.2) is 4.90 Å². The second-order valence-electron chi connectivity index (χ2n) is 5.13. The molecule has 0 aromatic carbocycles. The molecule has 0 atom stereocenters. The van der Waals surface area contributed by atoms with Gasteiger partial charge in [0, 0.05) is 37.5 Å². The number of aliphatic hydroxyl groups excluding tert-OH is 1. The summed E-state index contributed by atoms with van der Waals surface area (Å²) < 4.78 is 5.11. The van der Waals surface area contributed by atoms with Crippen molar-refractivity contribution >= 4 is 11.8 Å². The molecule has 0 radical (unpaired) electrons. The van der Waals surface area contributed by atoms with Crippen LogP contribution in [0.1, 0.15) is 25.7 Å². The molecule has 2 amide bonds. The van der Waals surface area contributed by atoms with Gasteiger partial charge in [-0.2, -0.15) is 4.63 Å². The molecular formula is C11H18N4O5. The largest absolute Gasteiger partial charge is 0.396 e. The first kappa shape index (κ1) is 13.1. The lowest BCUT2D eigenvalue weighted by molar-refractivity contribution is -0.146. The van der Waals surface area contributed by atoms with Crippen LogP contribution in [0.4, 0.5) is 0 Å². The first-order valence-electron chi connectivity index (χ1n) is 6.79. The molecule has 1 aromatic rings. The smallest absolute Gasteiger partial charge is 0.232 e. The number of likely N-dealkylation sites (tertiary alicyclic amines) is 1. The summed E-state index contributed by atoms with van der Waals surface area (Å²) in [7, 11) is 0. The molecule has 112 valence electrons. The summed E-state index contributed by atoms with van der Waals surface area (Å²) in [5.41, 5.74) is 0. The molecular weight excluding hydrogens is 268 g/mol. The van der Waals surface area contributed by atoms with E-state index in [1.54, 1.807) is 0 Å². The Morgan fingerprint density at radius 2 is 1.85 bits per heavy atom. The Bertz CT molecular complexity index is 466. The van der Waals surface area contributed by atoms with E-state index in [0.717, 1.165) is 35.8 Å². The number of carbonyl (C=O) groups excluding carboxylic acids is 2. The number of hydrogen-bond acceptors (Lipinski definition) is 6. The predicted molar refractivity (Wildman–Crippen MR) is 65.0 cm³/mol. The van der Waals surface area contributed by atoms with Crippen molar-refractivity contribution in [1.82, 2.24) is 14.9 Å². The Kier molecular flexibility index (Phi) is 3.43. The Morgan fingerprint density at radius 3 is 2.45 bits per heavy atom.